The Morgan fingerprint density at radius 2 is 2.30 bits per heavy atom. The molecule has 1 aliphatic heterocycles. The molecule has 0 radical (unpaired) electrons. The van der Waals surface area contributed by atoms with Crippen LogP contribution in [0.1, 0.15) is 12.2 Å². The number of ether oxygens (including phenoxy) is 2. The van der Waals surface area contributed by atoms with Crippen LogP contribution in [-0.2, 0) is 30.4 Å². The molecule has 8 nitrogen and oxygen atoms in total. The Balaban J connectivity index is 1.73. The van der Waals surface area contributed by atoms with Gasteiger partial charge in [-0.3, -0.25) is 14.4 Å². The molecule has 1 N–H and O–H groups in total. The molecule has 1 atom stereocenters. The third-order valence-corrected chi connectivity index (χ3v) is 3.45. The topological polar surface area (TPSA) is 98.1 Å². The van der Waals surface area contributed by atoms with Gasteiger partial charge in [0.15, 0.2) is 6.61 Å². The first-order valence-corrected chi connectivity index (χ1v) is 7.32. The second kappa shape index (κ2) is 8.33. The third kappa shape index (κ3) is 5.10. The summed E-state index contributed by atoms with van der Waals surface area (Å²) in [7, 11) is 1.53. The third-order valence-electron chi connectivity index (χ3n) is 3.45. The average molecular weight is 324 g/mol. The van der Waals surface area contributed by atoms with Gasteiger partial charge in [0, 0.05) is 26.6 Å². The molecule has 1 aromatic rings. The Morgan fingerprint density at radius 1 is 1.48 bits per heavy atom. The summed E-state index contributed by atoms with van der Waals surface area (Å²) in [6, 6.07) is 3.51. The highest BCUT2D eigenvalue weighted by Gasteiger charge is 2.35. The summed E-state index contributed by atoms with van der Waals surface area (Å²) in [4.78, 5) is 36.8. The highest BCUT2D eigenvalue weighted by molar-refractivity contribution is 5.88. The first-order chi connectivity index (χ1) is 11.1. The van der Waals surface area contributed by atoms with E-state index in [0.717, 1.165) is 0 Å². The second-order valence-corrected chi connectivity index (χ2v) is 5.21. The van der Waals surface area contributed by atoms with E-state index in [1.165, 1.54) is 13.4 Å². The predicted octanol–water partition coefficient (Wildman–Crippen LogP) is -0.0661. The van der Waals surface area contributed by atoms with Crippen LogP contribution in [0.3, 0.4) is 0 Å². The van der Waals surface area contributed by atoms with Crippen LogP contribution in [0.25, 0.3) is 0 Å². The van der Waals surface area contributed by atoms with E-state index in [-0.39, 0.29) is 25.5 Å². The van der Waals surface area contributed by atoms with Crippen LogP contribution in [0.15, 0.2) is 22.8 Å². The molecule has 126 valence electrons. The van der Waals surface area contributed by atoms with E-state index in [2.05, 4.69) is 5.32 Å². The van der Waals surface area contributed by atoms with Crippen LogP contribution in [0.4, 0.5) is 0 Å². The van der Waals surface area contributed by atoms with Crippen LogP contribution in [0, 0.1) is 5.92 Å². The zero-order valence-electron chi connectivity index (χ0n) is 12.9. The fourth-order valence-corrected chi connectivity index (χ4v) is 2.27. The maximum Gasteiger partial charge on any atom is 0.311 e. The first-order valence-electron chi connectivity index (χ1n) is 7.32. The highest BCUT2D eigenvalue weighted by Crippen LogP contribution is 2.21. The SMILES string of the molecule is COCCNC(=O)COC(=O)[C@@H]1CC(=O)N(Cc2ccco2)C1. The molecule has 1 aliphatic rings. The summed E-state index contributed by atoms with van der Waals surface area (Å²) < 4.78 is 14.9. The van der Waals surface area contributed by atoms with Crippen molar-refractivity contribution in [2.45, 2.75) is 13.0 Å². The Labute approximate surface area is 133 Å². The van der Waals surface area contributed by atoms with Crippen LogP contribution >= 0.6 is 0 Å². The maximum atomic E-state index is 11.9. The van der Waals surface area contributed by atoms with Gasteiger partial charge in [-0.05, 0) is 12.1 Å². The molecule has 0 unspecified atom stereocenters. The van der Waals surface area contributed by atoms with Crippen molar-refractivity contribution in [3.63, 3.8) is 0 Å². The molecule has 1 fully saturated rings. The van der Waals surface area contributed by atoms with Crippen molar-refractivity contribution in [3.8, 4) is 0 Å². The number of nitrogens with zero attached hydrogens (tertiary/aromatic N) is 1. The smallest absolute Gasteiger partial charge is 0.311 e. The minimum Gasteiger partial charge on any atom is -0.467 e. The summed E-state index contributed by atoms with van der Waals surface area (Å²) in [6.07, 6.45) is 1.62. The molecular weight excluding hydrogens is 304 g/mol. The summed E-state index contributed by atoms with van der Waals surface area (Å²) in [5.74, 6) is -0.962. The predicted molar refractivity (Wildman–Crippen MR) is 78.1 cm³/mol. The molecule has 0 aliphatic carbocycles. The monoisotopic (exact) mass is 324 g/mol. The molecule has 0 aromatic carbocycles. The lowest BCUT2D eigenvalue weighted by Crippen LogP contribution is -2.33. The number of amides is 2. The standard InChI is InChI=1S/C15H20N2O6/c1-21-6-4-16-13(18)10-23-15(20)11-7-14(19)17(8-11)9-12-3-2-5-22-12/h2-3,5,11H,4,6-10H2,1H3,(H,16,18)/t11-/m1/s1. The number of nitrogens with one attached hydrogen (secondary N) is 1. The number of carbonyl (C=O) groups excluding carboxylic acids is 3. The van der Waals surface area contributed by atoms with Gasteiger partial charge in [0.2, 0.25) is 5.91 Å². The van der Waals surface area contributed by atoms with Gasteiger partial charge in [0.1, 0.15) is 5.76 Å². The summed E-state index contributed by atoms with van der Waals surface area (Å²) in [6.45, 7) is 0.979. The molecule has 0 bridgehead atoms. The van der Waals surface area contributed by atoms with Gasteiger partial charge in [0.25, 0.3) is 5.91 Å². The van der Waals surface area contributed by atoms with Crippen molar-refractivity contribution < 1.29 is 28.3 Å². The van der Waals surface area contributed by atoms with Crippen molar-refractivity contribution in [2.24, 2.45) is 5.92 Å². The van der Waals surface area contributed by atoms with Crippen LogP contribution in [-0.4, -0.2) is 56.1 Å². The number of methoxy groups -OCH3 is 1. The minimum absolute atomic E-state index is 0.0881. The number of hydrogen-bond donors (Lipinski definition) is 1. The summed E-state index contributed by atoms with van der Waals surface area (Å²) in [5.41, 5.74) is 0. The van der Waals surface area contributed by atoms with E-state index in [4.69, 9.17) is 13.9 Å². The van der Waals surface area contributed by atoms with Gasteiger partial charge in [-0.2, -0.15) is 0 Å². The van der Waals surface area contributed by atoms with E-state index in [0.29, 0.717) is 25.5 Å². The molecular formula is C15H20N2O6. The maximum absolute atomic E-state index is 11.9. The van der Waals surface area contributed by atoms with E-state index in [9.17, 15) is 14.4 Å². The Bertz CT molecular complexity index is 542. The number of carbonyl (C=O) groups is 3. The van der Waals surface area contributed by atoms with Crippen molar-refractivity contribution in [1.29, 1.82) is 0 Å². The second-order valence-electron chi connectivity index (χ2n) is 5.21. The Morgan fingerprint density at radius 3 is 3.00 bits per heavy atom. The largest absolute Gasteiger partial charge is 0.467 e. The van der Waals surface area contributed by atoms with E-state index >= 15 is 0 Å². The van der Waals surface area contributed by atoms with Crippen LogP contribution < -0.4 is 5.32 Å². The zero-order valence-corrected chi connectivity index (χ0v) is 12.9. The minimum atomic E-state index is -0.552. The molecule has 23 heavy (non-hydrogen) atoms. The first kappa shape index (κ1) is 17.0. The molecule has 2 amide bonds. The van der Waals surface area contributed by atoms with Crippen LogP contribution in [0.2, 0.25) is 0 Å². The fourth-order valence-electron chi connectivity index (χ4n) is 2.27. The lowest BCUT2D eigenvalue weighted by atomic mass is 10.1. The lowest BCUT2D eigenvalue weighted by Gasteiger charge is -2.14. The number of hydrogen-bond acceptors (Lipinski definition) is 6. The molecule has 2 heterocycles. The van der Waals surface area contributed by atoms with Gasteiger partial charge < -0.3 is 24.1 Å². The number of furan rings is 1. The molecule has 1 aromatic heterocycles. The van der Waals surface area contributed by atoms with Crippen LogP contribution in [0.5, 0.6) is 0 Å². The molecule has 2 rings (SSSR count). The van der Waals surface area contributed by atoms with Gasteiger partial charge in [-0.15, -0.1) is 0 Å². The van der Waals surface area contributed by atoms with E-state index in [1.54, 1.807) is 17.0 Å². The quantitative estimate of drug-likeness (QED) is 0.531. The lowest BCUT2D eigenvalue weighted by molar-refractivity contribution is -0.152. The molecule has 0 spiro atoms. The zero-order chi connectivity index (χ0) is 16.7. The molecule has 8 heteroatoms. The summed E-state index contributed by atoms with van der Waals surface area (Å²) in [5, 5.41) is 2.55. The van der Waals surface area contributed by atoms with Crippen molar-refractivity contribution in [1.82, 2.24) is 10.2 Å². The molecule has 1 saturated heterocycles. The fraction of sp³-hybridized carbons (Fsp3) is 0.533. The normalized spacial score (nSPS) is 17.3. The Hall–Kier alpha value is -2.35. The van der Waals surface area contributed by atoms with Crippen molar-refractivity contribution >= 4 is 17.8 Å². The number of esters is 1. The van der Waals surface area contributed by atoms with E-state index < -0.39 is 17.8 Å². The van der Waals surface area contributed by atoms with E-state index in [1.807, 2.05) is 0 Å². The average Bonchev–Trinajstić information content (AvgIpc) is 3.16. The number of rotatable bonds is 8. The van der Waals surface area contributed by atoms with Gasteiger partial charge in [-0.25, -0.2) is 0 Å². The number of likely N-dealkylation sites (tertiary alicyclic amines) is 1. The molecule has 0 saturated carbocycles. The van der Waals surface area contributed by atoms with Crippen molar-refractivity contribution in [3.05, 3.63) is 24.2 Å². The summed E-state index contributed by atoms with van der Waals surface area (Å²) >= 11 is 0. The Kier molecular flexibility index (Phi) is 6.16. The van der Waals surface area contributed by atoms with Crippen molar-refractivity contribution in [2.75, 3.05) is 33.4 Å². The highest BCUT2D eigenvalue weighted by atomic mass is 16.5. The van der Waals surface area contributed by atoms with Gasteiger partial charge >= 0.3 is 5.97 Å². The van der Waals surface area contributed by atoms with Gasteiger partial charge in [-0.1, -0.05) is 0 Å². The van der Waals surface area contributed by atoms with Gasteiger partial charge in [0.05, 0.1) is 25.3 Å².